The molecule has 0 radical (unpaired) electrons. The molecule has 0 bridgehead atoms. The van der Waals surface area contributed by atoms with Crippen LogP contribution in [0.4, 0.5) is 0 Å². The molecule has 0 atom stereocenters. The highest BCUT2D eigenvalue weighted by molar-refractivity contribution is 6.14. The predicted molar refractivity (Wildman–Crippen MR) is 269 cm³/mol. The van der Waals surface area contributed by atoms with E-state index in [1.807, 2.05) is 0 Å². The van der Waals surface area contributed by atoms with Crippen molar-refractivity contribution < 1.29 is 0 Å². The van der Waals surface area contributed by atoms with Gasteiger partial charge in [0.2, 0.25) is 0 Å². The van der Waals surface area contributed by atoms with E-state index in [-0.39, 0.29) is 0 Å². The molecular formula is C60H38N4. The van der Waals surface area contributed by atoms with E-state index in [0.29, 0.717) is 0 Å². The predicted octanol–water partition coefficient (Wildman–Crippen LogP) is 15.7. The van der Waals surface area contributed by atoms with E-state index < -0.39 is 0 Å². The molecule has 14 rings (SSSR count). The van der Waals surface area contributed by atoms with Crippen LogP contribution in [0.2, 0.25) is 0 Å². The first-order chi connectivity index (χ1) is 31.8. The van der Waals surface area contributed by atoms with Crippen molar-refractivity contribution in [1.82, 2.24) is 18.3 Å². The zero-order valence-corrected chi connectivity index (χ0v) is 34.7. The highest BCUT2D eigenvalue weighted by Gasteiger charge is 2.19. The molecule has 4 heterocycles. The number of hydrogen-bond donors (Lipinski definition) is 0. The standard InChI is InChI=1S/C60H38N4/c1-2-15-41(16-3-1)61-55-26-11-6-21-47(55)50-35-39(29-32-58(50)61)40-30-33-59-51(36-40)48-22-7-12-27-56(48)64(59)44-31-34-60-52(38-44)49-23-8-13-28-57(49)63(60)43-18-14-17-42(37-43)62-53-24-9-4-19-45(53)46-20-5-10-25-54(46)62/h1-38H. The smallest absolute Gasteiger partial charge is 0.0542 e. The number of aromatic nitrogens is 4. The quantitative estimate of drug-likeness (QED) is 0.165. The fourth-order valence-corrected chi connectivity index (χ4v) is 10.8. The molecule has 0 saturated heterocycles. The van der Waals surface area contributed by atoms with Crippen molar-refractivity contribution in [2.75, 3.05) is 0 Å². The molecule has 0 fully saturated rings. The lowest BCUT2D eigenvalue weighted by atomic mass is 10.0. The van der Waals surface area contributed by atoms with Gasteiger partial charge in [-0.15, -0.1) is 0 Å². The molecule has 64 heavy (non-hydrogen) atoms. The number of benzene rings is 10. The van der Waals surface area contributed by atoms with Crippen LogP contribution in [0.15, 0.2) is 231 Å². The second-order valence-electron chi connectivity index (χ2n) is 16.9. The minimum absolute atomic E-state index is 1.13. The fourth-order valence-electron chi connectivity index (χ4n) is 10.8. The molecule has 0 spiro atoms. The van der Waals surface area contributed by atoms with Crippen LogP contribution in [0.3, 0.4) is 0 Å². The lowest BCUT2D eigenvalue weighted by Crippen LogP contribution is -1.99. The monoisotopic (exact) mass is 814 g/mol. The third kappa shape index (κ3) is 4.99. The van der Waals surface area contributed by atoms with Gasteiger partial charge in [-0.1, -0.05) is 127 Å². The molecule has 0 aliphatic rings. The molecule has 10 aromatic carbocycles. The molecular weight excluding hydrogens is 777 g/mol. The summed E-state index contributed by atoms with van der Waals surface area (Å²) in [4.78, 5) is 0. The van der Waals surface area contributed by atoms with Gasteiger partial charge >= 0.3 is 0 Å². The number of hydrogen-bond acceptors (Lipinski definition) is 0. The van der Waals surface area contributed by atoms with E-state index in [1.165, 1.54) is 104 Å². The van der Waals surface area contributed by atoms with E-state index in [4.69, 9.17) is 0 Å². The van der Waals surface area contributed by atoms with Crippen molar-refractivity contribution in [3.05, 3.63) is 231 Å². The van der Waals surface area contributed by atoms with Crippen LogP contribution in [0.5, 0.6) is 0 Å². The van der Waals surface area contributed by atoms with Gasteiger partial charge in [-0.05, 0) is 114 Å². The Hall–Kier alpha value is -8.60. The van der Waals surface area contributed by atoms with Crippen LogP contribution in [-0.2, 0) is 0 Å². The van der Waals surface area contributed by atoms with Gasteiger partial charge in [0.1, 0.15) is 0 Å². The molecule has 0 amide bonds. The maximum Gasteiger partial charge on any atom is 0.0542 e. The van der Waals surface area contributed by atoms with Crippen LogP contribution < -0.4 is 0 Å². The minimum Gasteiger partial charge on any atom is -0.309 e. The highest BCUT2D eigenvalue weighted by Crippen LogP contribution is 2.41. The Morgan fingerprint density at radius 2 is 0.469 bits per heavy atom. The van der Waals surface area contributed by atoms with E-state index in [1.54, 1.807) is 0 Å². The third-order valence-electron chi connectivity index (χ3n) is 13.5. The second kappa shape index (κ2) is 13.4. The van der Waals surface area contributed by atoms with Crippen LogP contribution in [0.1, 0.15) is 0 Å². The largest absolute Gasteiger partial charge is 0.309 e. The minimum atomic E-state index is 1.13. The molecule has 0 N–H and O–H groups in total. The average Bonchev–Trinajstić information content (AvgIpc) is 4.09. The summed E-state index contributed by atoms with van der Waals surface area (Å²) in [5.41, 5.74) is 16.6. The molecule has 4 heteroatoms. The molecule has 0 saturated carbocycles. The summed E-state index contributed by atoms with van der Waals surface area (Å²) in [6, 6.07) is 84.5. The first-order valence-corrected chi connectivity index (χ1v) is 22.0. The normalized spacial score (nSPS) is 12.1. The van der Waals surface area contributed by atoms with Gasteiger partial charge < -0.3 is 18.3 Å². The molecule has 14 aromatic rings. The molecule has 4 nitrogen and oxygen atoms in total. The Balaban J connectivity index is 0.918. The van der Waals surface area contributed by atoms with Gasteiger partial charge in [0.25, 0.3) is 0 Å². The zero-order valence-electron chi connectivity index (χ0n) is 34.7. The van der Waals surface area contributed by atoms with Crippen LogP contribution in [-0.4, -0.2) is 18.3 Å². The molecule has 0 aliphatic carbocycles. The highest BCUT2D eigenvalue weighted by atomic mass is 15.0. The molecule has 298 valence electrons. The summed E-state index contributed by atoms with van der Waals surface area (Å²) in [6.45, 7) is 0. The number of nitrogens with zero attached hydrogens (tertiary/aromatic N) is 4. The van der Waals surface area contributed by atoms with Crippen molar-refractivity contribution in [2.45, 2.75) is 0 Å². The molecule has 0 unspecified atom stereocenters. The van der Waals surface area contributed by atoms with E-state index in [0.717, 1.165) is 17.1 Å². The lowest BCUT2D eigenvalue weighted by Gasteiger charge is -2.13. The van der Waals surface area contributed by atoms with Gasteiger partial charge in [-0.3, -0.25) is 0 Å². The van der Waals surface area contributed by atoms with Gasteiger partial charge in [-0.2, -0.15) is 0 Å². The first-order valence-electron chi connectivity index (χ1n) is 22.0. The molecule has 0 aliphatic heterocycles. The average molecular weight is 815 g/mol. The topological polar surface area (TPSA) is 19.7 Å². The van der Waals surface area contributed by atoms with Gasteiger partial charge in [0.15, 0.2) is 0 Å². The van der Waals surface area contributed by atoms with Crippen molar-refractivity contribution in [3.8, 4) is 33.9 Å². The van der Waals surface area contributed by atoms with Crippen molar-refractivity contribution >= 4 is 87.2 Å². The summed E-state index contributed by atoms with van der Waals surface area (Å²) in [6.07, 6.45) is 0. The van der Waals surface area contributed by atoms with E-state index >= 15 is 0 Å². The SMILES string of the molecule is c1ccc(-n2c3ccccc3c3cc(-c4ccc5c(c4)c4ccccc4n5-c4ccc5c(c4)c4ccccc4n5-c4cccc(-n5c6ccccc6c6ccccc65)c4)ccc32)cc1. The van der Waals surface area contributed by atoms with Crippen LogP contribution >= 0.6 is 0 Å². The number of para-hydroxylation sites is 6. The summed E-state index contributed by atoms with van der Waals surface area (Å²) < 4.78 is 9.65. The lowest BCUT2D eigenvalue weighted by molar-refractivity contribution is 1.13. The fraction of sp³-hybridized carbons (Fsp3) is 0. The van der Waals surface area contributed by atoms with Crippen molar-refractivity contribution in [3.63, 3.8) is 0 Å². The van der Waals surface area contributed by atoms with Gasteiger partial charge in [0, 0.05) is 65.8 Å². The summed E-state index contributed by atoms with van der Waals surface area (Å²) >= 11 is 0. The number of rotatable bonds is 5. The van der Waals surface area contributed by atoms with Crippen LogP contribution in [0, 0.1) is 0 Å². The Morgan fingerprint density at radius 1 is 0.172 bits per heavy atom. The Bertz CT molecular complexity index is 4140. The number of fused-ring (bicyclic) bond motifs is 12. The van der Waals surface area contributed by atoms with Gasteiger partial charge in [0.05, 0.1) is 44.1 Å². The third-order valence-corrected chi connectivity index (χ3v) is 13.5. The molecule has 4 aromatic heterocycles. The first kappa shape index (κ1) is 35.0. The Morgan fingerprint density at radius 3 is 0.906 bits per heavy atom. The van der Waals surface area contributed by atoms with Crippen molar-refractivity contribution in [1.29, 1.82) is 0 Å². The second-order valence-corrected chi connectivity index (χ2v) is 16.9. The zero-order chi connectivity index (χ0) is 41.9. The van der Waals surface area contributed by atoms with E-state index in [9.17, 15) is 0 Å². The van der Waals surface area contributed by atoms with Crippen molar-refractivity contribution in [2.24, 2.45) is 0 Å². The Kier molecular flexibility index (Phi) is 7.36. The Labute approximate surface area is 368 Å². The maximum atomic E-state index is 2.44. The van der Waals surface area contributed by atoms with E-state index in [2.05, 4.69) is 249 Å². The summed E-state index contributed by atoms with van der Waals surface area (Å²) in [5, 5.41) is 9.97. The summed E-state index contributed by atoms with van der Waals surface area (Å²) in [5.74, 6) is 0. The maximum absolute atomic E-state index is 2.44. The summed E-state index contributed by atoms with van der Waals surface area (Å²) in [7, 11) is 0. The van der Waals surface area contributed by atoms with Gasteiger partial charge in [-0.25, -0.2) is 0 Å². The van der Waals surface area contributed by atoms with Crippen LogP contribution in [0.25, 0.3) is 121 Å².